The first-order valence-electron chi connectivity index (χ1n) is 9.87. The minimum atomic E-state index is -0.360. The molecule has 8 heteroatoms. The van der Waals surface area contributed by atoms with E-state index >= 15 is 0 Å². The number of hydrogen-bond acceptors (Lipinski definition) is 5. The van der Waals surface area contributed by atoms with Gasteiger partial charge in [-0.05, 0) is 36.8 Å². The third-order valence-corrected chi connectivity index (χ3v) is 5.48. The first kappa shape index (κ1) is 20.3. The monoisotopic (exact) mass is 428 g/mol. The third-order valence-electron chi connectivity index (χ3n) is 5.25. The lowest BCUT2D eigenvalue weighted by Gasteiger charge is -2.37. The van der Waals surface area contributed by atoms with Crippen molar-refractivity contribution in [2.45, 2.75) is 19.8 Å². The van der Waals surface area contributed by atoms with Crippen molar-refractivity contribution in [3.05, 3.63) is 64.8 Å². The minimum absolute atomic E-state index is 0.0583. The SMILES string of the molecule is Cc1ccc(Cl)cc1N1CCN(C(=O)CCc2nc(-c3cccc(F)c3)no2)CC1. The largest absolute Gasteiger partial charge is 0.368 e. The summed E-state index contributed by atoms with van der Waals surface area (Å²) in [7, 11) is 0. The molecule has 2 heterocycles. The summed E-state index contributed by atoms with van der Waals surface area (Å²) >= 11 is 6.13. The average Bonchev–Trinajstić information content (AvgIpc) is 3.23. The highest BCUT2D eigenvalue weighted by atomic mass is 35.5. The Labute approximate surface area is 179 Å². The molecule has 3 aromatic rings. The maximum atomic E-state index is 13.4. The van der Waals surface area contributed by atoms with E-state index in [1.807, 2.05) is 23.1 Å². The summed E-state index contributed by atoms with van der Waals surface area (Å²) < 4.78 is 18.6. The molecular weight excluding hydrogens is 407 g/mol. The fourth-order valence-corrected chi connectivity index (χ4v) is 3.76. The summed E-state index contributed by atoms with van der Waals surface area (Å²) in [6.07, 6.45) is 0.649. The highest BCUT2D eigenvalue weighted by Crippen LogP contribution is 2.25. The minimum Gasteiger partial charge on any atom is -0.368 e. The maximum Gasteiger partial charge on any atom is 0.227 e. The highest BCUT2D eigenvalue weighted by molar-refractivity contribution is 6.30. The van der Waals surface area contributed by atoms with Crippen molar-refractivity contribution >= 4 is 23.2 Å². The van der Waals surface area contributed by atoms with Crippen molar-refractivity contribution < 1.29 is 13.7 Å². The summed E-state index contributed by atoms with van der Waals surface area (Å²) in [6, 6.07) is 11.9. The molecule has 2 aromatic carbocycles. The summed E-state index contributed by atoms with van der Waals surface area (Å²) in [5.74, 6) is 0.391. The van der Waals surface area contributed by atoms with Gasteiger partial charge in [-0.15, -0.1) is 0 Å². The Kier molecular flexibility index (Phi) is 5.99. The van der Waals surface area contributed by atoms with E-state index in [0.29, 0.717) is 48.2 Å². The molecule has 0 saturated carbocycles. The fourth-order valence-electron chi connectivity index (χ4n) is 3.59. The fraction of sp³-hybridized carbons (Fsp3) is 0.318. The average molecular weight is 429 g/mol. The van der Waals surface area contributed by atoms with Crippen LogP contribution in [-0.2, 0) is 11.2 Å². The molecule has 1 aliphatic rings. The molecule has 1 aliphatic heterocycles. The van der Waals surface area contributed by atoms with Gasteiger partial charge in [0.1, 0.15) is 5.82 Å². The maximum absolute atomic E-state index is 13.4. The van der Waals surface area contributed by atoms with E-state index in [2.05, 4.69) is 22.0 Å². The van der Waals surface area contributed by atoms with Crippen molar-refractivity contribution in [3.63, 3.8) is 0 Å². The number of rotatable bonds is 5. The molecular formula is C22H22ClFN4O2. The van der Waals surface area contributed by atoms with Crippen molar-refractivity contribution in [1.82, 2.24) is 15.0 Å². The molecule has 0 N–H and O–H groups in total. The van der Waals surface area contributed by atoms with Crippen LogP contribution in [0.4, 0.5) is 10.1 Å². The molecule has 1 fully saturated rings. The van der Waals surface area contributed by atoms with E-state index < -0.39 is 0 Å². The second-order valence-corrected chi connectivity index (χ2v) is 7.76. The normalized spacial score (nSPS) is 14.2. The molecule has 0 atom stereocenters. The molecule has 30 heavy (non-hydrogen) atoms. The van der Waals surface area contributed by atoms with Crippen LogP contribution in [-0.4, -0.2) is 47.1 Å². The van der Waals surface area contributed by atoms with Crippen LogP contribution >= 0.6 is 11.6 Å². The summed E-state index contributed by atoms with van der Waals surface area (Å²) in [5, 5.41) is 4.60. The number of nitrogens with zero attached hydrogens (tertiary/aromatic N) is 4. The predicted molar refractivity (Wildman–Crippen MR) is 113 cm³/mol. The molecule has 4 rings (SSSR count). The van der Waals surface area contributed by atoms with E-state index in [9.17, 15) is 9.18 Å². The van der Waals surface area contributed by atoms with E-state index in [0.717, 1.165) is 18.8 Å². The van der Waals surface area contributed by atoms with Gasteiger partial charge in [0.25, 0.3) is 0 Å². The van der Waals surface area contributed by atoms with Crippen molar-refractivity contribution in [3.8, 4) is 11.4 Å². The van der Waals surface area contributed by atoms with Gasteiger partial charge in [-0.2, -0.15) is 4.98 Å². The summed E-state index contributed by atoms with van der Waals surface area (Å²) in [5.41, 5.74) is 2.83. The Balaban J connectivity index is 1.30. The number of hydrogen-bond donors (Lipinski definition) is 0. The standard InChI is InChI=1S/C22H22ClFN4O2/c1-15-5-6-17(23)14-19(15)27-9-11-28(12-10-27)21(29)8-7-20-25-22(26-30-20)16-3-2-4-18(24)13-16/h2-6,13-14H,7-12H2,1H3. The van der Waals surface area contributed by atoms with E-state index in [-0.39, 0.29) is 11.7 Å². The number of anilines is 1. The number of halogens is 2. The molecule has 0 unspecified atom stereocenters. The van der Waals surface area contributed by atoms with Crippen LogP contribution in [0.3, 0.4) is 0 Å². The van der Waals surface area contributed by atoms with E-state index in [1.54, 1.807) is 12.1 Å². The van der Waals surface area contributed by atoms with Crippen LogP contribution in [0, 0.1) is 12.7 Å². The van der Waals surface area contributed by atoms with Gasteiger partial charge in [0, 0.05) is 55.3 Å². The molecule has 1 aromatic heterocycles. The van der Waals surface area contributed by atoms with Gasteiger partial charge >= 0.3 is 0 Å². The lowest BCUT2D eigenvalue weighted by Crippen LogP contribution is -2.49. The second kappa shape index (κ2) is 8.83. The lowest BCUT2D eigenvalue weighted by molar-refractivity contribution is -0.131. The van der Waals surface area contributed by atoms with E-state index in [1.165, 1.54) is 17.7 Å². The van der Waals surface area contributed by atoms with Gasteiger partial charge in [-0.3, -0.25) is 4.79 Å². The second-order valence-electron chi connectivity index (χ2n) is 7.32. The Morgan fingerprint density at radius 3 is 2.73 bits per heavy atom. The van der Waals surface area contributed by atoms with Crippen molar-refractivity contribution in [1.29, 1.82) is 0 Å². The quantitative estimate of drug-likeness (QED) is 0.611. The molecule has 156 valence electrons. The van der Waals surface area contributed by atoms with Crippen molar-refractivity contribution in [2.75, 3.05) is 31.1 Å². The molecule has 1 saturated heterocycles. The third kappa shape index (κ3) is 4.62. The van der Waals surface area contributed by atoms with Crippen LogP contribution in [0.25, 0.3) is 11.4 Å². The lowest BCUT2D eigenvalue weighted by atomic mass is 10.1. The number of carbonyl (C=O) groups is 1. The zero-order chi connectivity index (χ0) is 21.1. The van der Waals surface area contributed by atoms with E-state index in [4.69, 9.17) is 16.1 Å². The Morgan fingerprint density at radius 1 is 1.17 bits per heavy atom. The van der Waals surface area contributed by atoms with Crippen LogP contribution in [0.5, 0.6) is 0 Å². The smallest absolute Gasteiger partial charge is 0.227 e. The van der Waals surface area contributed by atoms with Gasteiger partial charge in [-0.25, -0.2) is 4.39 Å². The van der Waals surface area contributed by atoms with Gasteiger partial charge < -0.3 is 14.3 Å². The van der Waals surface area contributed by atoms with Gasteiger partial charge in [-0.1, -0.05) is 35.0 Å². The summed E-state index contributed by atoms with van der Waals surface area (Å²) in [6.45, 7) is 4.90. The molecule has 0 aliphatic carbocycles. The number of aromatic nitrogens is 2. The Hall–Kier alpha value is -2.93. The number of piperazine rings is 1. The zero-order valence-electron chi connectivity index (χ0n) is 16.6. The van der Waals surface area contributed by atoms with Crippen molar-refractivity contribution in [2.24, 2.45) is 0 Å². The van der Waals surface area contributed by atoms with Crippen LogP contribution < -0.4 is 4.90 Å². The molecule has 0 bridgehead atoms. The zero-order valence-corrected chi connectivity index (χ0v) is 17.4. The summed E-state index contributed by atoms with van der Waals surface area (Å²) in [4.78, 5) is 21.0. The van der Waals surface area contributed by atoms with Gasteiger partial charge in [0.15, 0.2) is 0 Å². The number of aryl methyl sites for hydroxylation is 2. The van der Waals surface area contributed by atoms with Crippen LogP contribution in [0.2, 0.25) is 5.02 Å². The molecule has 1 amide bonds. The highest BCUT2D eigenvalue weighted by Gasteiger charge is 2.22. The predicted octanol–water partition coefficient (Wildman–Crippen LogP) is 4.12. The number of carbonyl (C=O) groups excluding carboxylic acids is 1. The first-order chi connectivity index (χ1) is 14.5. The number of benzene rings is 2. The van der Waals surface area contributed by atoms with Crippen LogP contribution in [0.1, 0.15) is 17.9 Å². The Morgan fingerprint density at radius 2 is 1.97 bits per heavy atom. The number of amides is 1. The molecule has 6 nitrogen and oxygen atoms in total. The first-order valence-corrected chi connectivity index (χ1v) is 10.2. The van der Waals surface area contributed by atoms with Gasteiger partial charge in [0.2, 0.25) is 17.6 Å². The Bertz CT molecular complexity index is 1050. The molecule has 0 spiro atoms. The molecule has 0 radical (unpaired) electrons. The van der Waals surface area contributed by atoms with Crippen LogP contribution in [0.15, 0.2) is 47.0 Å². The van der Waals surface area contributed by atoms with Gasteiger partial charge in [0.05, 0.1) is 0 Å². The topological polar surface area (TPSA) is 62.5 Å².